The highest BCUT2D eigenvalue weighted by Gasteiger charge is 2.41. The topological polar surface area (TPSA) is 66.8 Å². The number of benzene rings is 2. The van der Waals surface area contributed by atoms with Crippen molar-refractivity contribution in [1.82, 2.24) is 0 Å². The summed E-state index contributed by atoms with van der Waals surface area (Å²) in [5.41, 5.74) is -1.29. The zero-order valence-electron chi connectivity index (χ0n) is 15.7. The highest BCUT2D eigenvalue weighted by Crippen LogP contribution is 2.36. The van der Waals surface area contributed by atoms with Crippen LogP contribution in [0.1, 0.15) is 25.0 Å². The van der Waals surface area contributed by atoms with Gasteiger partial charge < -0.3 is 9.84 Å². The Balaban J connectivity index is 1.90. The lowest BCUT2D eigenvalue weighted by Crippen LogP contribution is -2.31. The van der Waals surface area contributed by atoms with E-state index in [9.17, 15) is 27.9 Å². The van der Waals surface area contributed by atoms with Gasteiger partial charge in [-0.2, -0.15) is 13.2 Å². The summed E-state index contributed by atoms with van der Waals surface area (Å²) in [5, 5.41) is 10.2. The van der Waals surface area contributed by atoms with Crippen LogP contribution in [-0.2, 0) is 15.8 Å². The fraction of sp³-hybridized carbons (Fsp3) is 0.238. The molecule has 5 nitrogen and oxygen atoms in total. The molecule has 2 amide bonds. The van der Waals surface area contributed by atoms with Crippen LogP contribution in [0.2, 0.25) is 0 Å². The van der Waals surface area contributed by atoms with Crippen molar-refractivity contribution in [3.05, 3.63) is 65.4 Å². The van der Waals surface area contributed by atoms with Crippen LogP contribution in [0.25, 0.3) is 5.57 Å². The van der Waals surface area contributed by atoms with Crippen molar-refractivity contribution >= 4 is 23.1 Å². The number of alkyl halides is 3. The van der Waals surface area contributed by atoms with Crippen molar-refractivity contribution < 1.29 is 32.6 Å². The molecule has 1 aliphatic heterocycles. The van der Waals surface area contributed by atoms with Gasteiger partial charge in [0.25, 0.3) is 5.91 Å². The monoisotopic (exact) mass is 405 g/mol. The molecule has 29 heavy (non-hydrogen) atoms. The molecule has 2 aromatic carbocycles. The summed E-state index contributed by atoms with van der Waals surface area (Å²) in [7, 11) is 0. The van der Waals surface area contributed by atoms with Crippen molar-refractivity contribution in [2.75, 3.05) is 11.5 Å². The second kappa shape index (κ2) is 7.62. The maximum Gasteiger partial charge on any atom is 0.416 e. The summed E-state index contributed by atoms with van der Waals surface area (Å²) >= 11 is 0. The SMILES string of the molecule is CC(C)COc1ccc(C2=C(O)C(=O)N(c3cccc(C(F)(F)F)c3)C2=O)cc1. The highest BCUT2D eigenvalue weighted by molar-refractivity contribution is 6.44. The van der Waals surface area contributed by atoms with E-state index < -0.39 is 29.3 Å². The van der Waals surface area contributed by atoms with Gasteiger partial charge in [0.1, 0.15) is 5.75 Å². The number of ether oxygens (including phenoxy) is 1. The number of rotatable bonds is 5. The number of anilines is 1. The summed E-state index contributed by atoms with van der Waals surface area (Å²) in [5.74, 6) is -1.93. The van der Waals surface area contributed by atoms with Gasteiger partial charge in [0.2, 0.25) is 0 Å². The maximum atomic E-state index is 13.0. The van der Waals surface area contributed by atoms with E-state index in [1.54, 1.807) is 12.1 Å². The molecule has 0 aromatic heterocycles. The molecule has 0 atom stereocenters. The molecule has 0 saturated carbocycles. The molecular formula is C21H18F3NO4. The Labute approximate surface area is 165 Å². The lowest BCUT2D eigenvalue weighted by molar-refractivity contribution is -0.137. The molecule has 152 valence electrons. The summed E-state index contributed by atoms with van der Waals surface area (Å²) in [6.45, 7) is 4.47. The van der Waals surface area contributed by atoms with Crippen molar-refractivity contribution in [3.8, 4) is 5.75 Å². The molecule has 1 aliphatic rings. The quantitative estimate of drug-likeness (QED) is 0.740. The van der Waals surface area contributed by atoms with Crippen LogP contribution in [0, 0.1) is 5.92 Å². The Morgan fingerprint density at radius 3 is 2.28 bits per heavy atom. The van der Waals surface area contributed by atoms with E-state index in [0.29, 0.717) is 29.2 Å². The first kappa shape index (κ1) is 20.4. The Bertz CT molecular complexity index is 978. The zero-order chi connectivity index (χ0) is 21.3. The first-order chi connectivity index (χ1) is 13.6. The fourth-order valence-corrected chi connectivity index (χ4v) is 2.81. The Morgan fingerprint density at radius 1 is 1.03 bits per heavy atom. The first-order valence-corrected chi connectivity index (χ1v) is 8.82. The number of aliphatic hydroxyl groups excluding tert-OH is 1. The Hall–Kier alpha value is -3.29. The average molecular weight is 405 g/mol. The Kier molecular flexibility index (Phi) is 5.37. The molecule has 0 fully saturated rings. The second-order valence-corrected chi connectivity index (χ2v) is 6.95. The van der Waals surface area contributed by atoms with E-state index >= 15 is 0 Å². The lowest BCUT2D eigenvalue weighted by atomic mass is 10.1. The van der Waals surface area contributed by atoms with Gasteiger partial charge in [-0.15, -0.1) is 0 Å². The predicted octanol–water partition coefficient (Wildman–Crippen LogP) is 4.58. The number of aliphatic hydroxyl groups is 1. The third kappa shape index (κ3) is 4.11. The largest absolute Gasteiger partial charge is 0.502 e. The predicted molar refractivity (Wildman–Crippen MR) is 100 cm³/mol. The molecule has 8 heteroatoms. The van der Waals surface area contributed by atoms with E-state index in [1.807, 2.05) is 13.8 Å². The van der Waals surface area contributed by atoms with Gasteiger partial charge in [-0.05, 0) is 41.8 Å². The number of nitrogens with zero attached hydrogens (tertiary/aromatic N) is 1. The minimum absolute atomic E-state index is 0.257. The Morgan fingerprint density at radius 2 is 1.69 bits per heavy atom. The van der Waals surface area contributed by atoms with Crippen LogP contribution < -0.4 is 9.64 Å². The van der Waals surface area contributed by atoms with Crippen molar-refractivity contribution in [1.29, 1.82) is 0 Å². The number of halogens is 3. The normalized spacial score (nSPS) is 14.9. The number of imide groups is 1. The molecule has 2 aromatic rings. The lowest BCUT2D eigenvalue weighted by Gasteiger charge is -2.16. The smallest absolute Gasteiger partial charge is 0.416 e. The van der Waals surface area contributed by atoms with Crippen LogP contribution in [0.15, 0.2) is 54.3 Å². The van der Waals surface area contributed by atoms with Crippen LogP contribution in [-0.4, -0.2) is 23.5 Å². The van der Waals surface area contributed by atoms with Gasteiger partial charge >= 0.3 is 12.1 Å². The minimum Gasteiger partial charge on any atom is -0.502 e. The third-order valence-electron chi connectivity index (χ3n) is 4.22. The number of hydrogen-bond acceptors (Lipinski definition) is 4. The summed E-state index contributed by atoms with van der Waals surface area (Å²) in [6.07, 6.45) is -4.63. The number of amides is 2. The van der Waals surface area contributed by atoms with Gasteiger partial charge in [0, 0.05) is 0 Å². The maximum absolute atomic E-state index is 13.0. The standard InChI is InChI=1S/C21H18F3NO4/c1-12(2)11-29-16-8-6-13(7-9-16)17-18(26)20(28)25(19(17)27)15-5-3-4-14(10-15)21(22,23)24/h3-10,12,26H,11H2,1-2H3. The number of carbonyl (C=O) groups excluding carboxylic acids is 2. The second-order valence-electron chi connectivity index (χ2n) is 6.95. The molecule has 3 rings (SSSR count). The van der Waals surface area contributed by atoms with Gasteiger partial charge in [-0.25, -0.2) is 4.90 Å². The molecule has 1 heterocycles. The fourth-order valence-electron chi connectivity index (χ4n) is 2.81. The molecule has 0 spiro atoms. The van der Waals surface area contributed by atoms with E-state index in [1.165, 1.54) is 18.2 Å². The van der Waals surface area contributed by atoms with E-state index in [2.05, 4.69) is 0 Å². The third-order valence-corrected chi connectivity index (χ3v) is 4.22. The average Bonchev–Trinajstić information content (AvgIpc) is 2.89. The van der Waals surface area contributed by atoms with Crippen LogP contribution in [0.5, 0.6) is 5.75 Å². The van der Waals surface area contributed by atoms with Crippen molar-refractivity contribution in [2.24, 2.45) is 5.92 Å². The zero-order valence-corrected chi connectivity index (χ0v) is 15.7. The van der Waals surface area contributed by atoms with Crippen LogP contribution in [0.3, 0.4) is 0 Å². The van der Waals surface area contributed by atoms with Crippen molar-refractivity contribution in [3.63, 3.8) is 0 Å². The van der Waals surface area contributed by atoms with E-state index in [-0.39, 0.29) is 16.8 Å². The number of hydrogen-bond donors (Lipinski definition) is 1. The van der Waals surface area contributed by atoms with Crippen LogP contribution in [0.4, 0.5) is 18.9 Å². The van der Waals surface area contributed by atoms with Crippen molar-refractivity contribution in [2.45, 2.75) is 20.0 Å². The van der Waals surface area contributed by atoms with E-state index in [0.717, 1.165) is 12.1 Å². The van der Waals surface area contributed by atoms with Crippen LogP contribution >= 0.6 is 0 Å². The van der Waals surface area contributed by atoms with Gasteiger partial charge in [0.05, 0.1) is 23.4 Å². The molecule has 0 bridgehead atoms. The van der Waals surface area contributed by atoms with Gasteiger partial charge in [-0.3, -0.25) is 9.59 Å². The molecule has 0 saturated heterocycles. The highest BCUT2D eigenvalue weighted by atomic mass is 19.4. The molecular weight excluding hydrogens is 387 g/mol. The first-order valence-electron chi connectivity index (χ1n) is 8.82. The number of carbonyl (C=O) groups is 2. The molecule has 0 aliphatic carbocycles. The molecule has 0 radical (unpaired) electrons. The van der Waals surface area contributed by atoms with Gasteiger partial charge in [0.15, 0.2) is 5.76 Å². The van der Waals surface area contributed by atoms with Gasteiger partial charge in [-0.1, -0.05) is 32.0 Å². The molecule has 0 unspecified atom stereocenters. The summed E-state index contributed by atoms with van der Waals surface area (Å²) in [4.78, 5) is 25.7. The summed E-state index contributed by atoms with van der Waals surface area (Å²) in [6, 6.07) is 9.99. The van der Waals surface area contributed by atoms with E-state index in [4.69, 9.17) is 4.74 Å². The summed E-state index contributed by atoms with van der Waals surface area (Å²) < 4.78 is 44.4. The minimum atomic E-state index is -4.63. The molecule has 1 N–H and O–H groups in total.